The second-order valence-corrected chi connectivity index (χ2v) is 6.18. The van der Waals surface area contributed by atoms with E-state index in [2.05, 4.69) is 15.5 Å². The molecule has 0 aliphatic rings. The molecular weight excluding hydrogens is 332 g/mol. The molecule has 0 saturated heterocycles. The minimum absolute atomic E-state index is 0.181. The Morgan fingerprint density at radius 2 is 2.17 bits per heavy atom. The van der Waals surface area contributed by atoms with E-state index < -0.39 is 0 Å². The number of aromatic nitrogens is 3. The number of hydrogen-bond acceptors (Lipinski definition) is 4. The maximum Gasteiger partial charge on any atom is 0.252 e. The van der Waals surface area contributed by atoms with Crippen molar-refractivity contribution in [1.29, 1.82) is 0 Å². The lowest BCUT2D eigenvalue weighted by Crippen LogP contribution is -2.26. The number of benzene rings is 1. The lowest BCUT2D eigenvalue weighted by molar-refractivity contribution is 0.0954. The van der Waals surface area contributed by atoms with Gasteiger partial charge in [-0.3, -0.25) is 9.20 Å². The minimum Gasteiger partial charge on any atom is -0.352 e. The van der Waals surface area contributed by atoms with Crippen LogP contribution in [0.1, 0.15) is 16.2 Å². The van der Waals surface area contributed by atoms with Crippen LogP contribution < -0.4 is 5.32 Å². The number of amides is 1. The van der Waals surface area contributed by atoms with Crippen molar-refractivity contribution >= 4 is 34.9 Å². The number of pyridine rings is 1. The zero-order chi connectivity index (χ0) is 16.2. The molecule has 0 bridgehead atoms. The van der Waals surface area contributed by atoms with Crippen LogP contribution in [-0.2, 0) is 6.42 Å². The van der Waals surface area contributed by atoms with Gasteiger partial charge in [-0.1, -0.05) is 17.7 Å². The van der Waals surface area contributed by atoms with Gasteiger partial charge in [0.25, 0.3) is 5.91 Å². The molecule has 0 spiro atoms. The van der Waals surface area contributed by atoms with Crippen LogP contribution in [-0.4, -0.2) is 33.3 Å². The van der Waals surface area contributed by atoms with Gasteiger partial charge < -0.3 is 5.32 Å². The van der Waals surface area contributed by atoms with Crippen LogP contribution >= 0.6 is 23.4 Å². The minimum atomic E-state index is -0.181. The summed E-state index contributed by atoms with van der Waals surface area (Å²) in [6.45, 7) is 0.467. The maximum atomic E-state index is 12.3. The number of carbonyl (C=O) groups excluding carboxylic acids is 1. The molecule has 7 heteroatoms. The van der Waals surface area contributed by atoms with Crippen LogP contribution in [0.3, 0.4) is 0 Å². The van der Waals surface area contributed by atoms with E-state index in [4.69, 9.17) is 11.6 Å². The third kappa shape index (κ3) is 3.48. The molecule has 1 aromatic carbocycles. The van der Waals surface area contributed by atoms with Gasteiger partial charge in [0.15, 0.2) is 5.65 Å². The van der Waals surface area contributed by atoms with Crippen molar-refractivity contribution in [1.82, 2.24) is 19.9 Å². The number of carbonyl (C=O) groups is 1. The summed E-state index contributed by atoms with van der Waals surface area (Å²) in [7, 11) is 0. The molecule has 3 aromatic rings. The van der Waals surface area contributed by atoms with Crippen molar-refractivity contribution in [3.63, 3.8) is 0 Å². The van der Waals surface area contributed by atoms with E-state index in [0.717, 1.165) is 16.4 Å². The molecule has 1 N–H and O–H groups in total. The first kappa shape index (κ1) is 15.8. The first-order chi connectivity index (χ1) is 11.2. The molecule has 3 rings (SSSR count). The van der Waals surface area contributed by atoms with Crippen LogP contribution in [0.25, 0.3) is 5.65 Å². The molecule has 0 saturated carbocycles. The fraction of sp³-hybridized carbons (Fsp3) is 0.188. The lowest BCUT2D eigenvalue weighted by atomic mass is 10.2. The van der Waals surface area contributed by atoms with Crippen molar-refractivity contribution < 1.29 is 4.79 Å². The van der Waals surface area contributed by atoms with Crippen LogP contribution in [0.15, 0.2) is 47.5 Å². The van der Waals surface area contributed by atoms with Gasteiger partial charge in [0, 0.05) is 24.1 Å². The highest BCUT2D eigenvalue weighted by atomic mass is 35.5. The summed E-state index contributed by atoms with van der Waals surface area (Å²) in [6, 6.07) is 11.2. The van der Waals surface area contributed by atoms with E-state index in [1.54, 1.807) is 23.9 Å². The van der Waals surface area contributed by atoms with Gasteiger partial charge >= 0.3 is 0 Å². The molecule has 0 unspecified atom stereocenters. The molecule has 0 aliphatic carbocycles. The third-order valence-corrected chi connectivity index (χ3v) is 4.49. The molecule has 0 radical (unpaired) electrons. The molecule has 0 atom stereocenters. The van der Waals surface area contributed by atoms with Gasteiger partial charge in [-0.25, -0.2) is 0 Å². The number of halogens is 1. The quantitative estimate of drug-likeness (QED) is 0.721. The van der Waals surface area contributed by atoms with Gasteiger partial charge in [-0.15, -0.1) is 22.0 Å². The molecule has 2 heterocycles. The molecule has 2 aromatic heterocycles. The fourth-order valence-electron chi connectivity index (χ4n) is 2.25. The zero-order valence-electron chi connectivity index (χ0n) is 12.5. The number of thioether (sulfide) groups is 1. The number of fused-ring (bicyclic) bond motifs is 1. The number of nitrogens with zero attached hydrogens (tertiary/aromatic N) is 3. The van der Waals surface area contributed by atoms with Crippen LogP contribution in [0.5, 0.6) is 0 Å². The van der Waals surface area contributed by atoms with Crippen LogP contribution in [0.2, 0.25) is 5.02 Å². The number of hydrogen-bond donors (Lipinski definition) is 1. The topological polar surface area (TPSA) is 59.3 Å². The predicted molar refractivity (Wildman–Crippen MR) is 92.3 cm³/mol. The summed E-state index contributed by atoms with van der Waals surface area (Å²) in [5, 5.41) is 11.6. The Morgan fingerprint density at radius 1 is 1.30 bits per heavy atom. The number of rotatable bonds is 5. The van der Waals surface area contributed by atoms with Gasteiger partial charge in [0.05, 0.1) is 10.6 Å². The molecule has 118 valence electrons. The molecule has 1 amide bonds. The fourth-order valence-corrected chi connectivity index (χ4v) is 2.89. The largest absolute Gasteiger partial charge is 0.352 e. The van der Waals surface area contributed by atoms with Gasteiger partial charge in [0.1, 0.15) is 5.82 Å². The van der Waals surface area contributed by atoms with E-state index in [0.29, 0.717) is 23.6 Å². The van der Waals surface area contributed by atoms with Gasteiger partial charge in [0.2, 0.25) is 0 Å². The van der Waals surface area contributed by atoms with E-state index in [9.17, 15) is 4.79 Å². The SMILES string of the molecule is CSc1ccc(Cl)c(C(=O)NCCc2nnc3ccccn23)c1. The second-order valence-electron chi connectivity index (χ2n) is 4.90. The predicted octanol–water partition coefficient (Wildman–Crippen LogP) is 3.08. The van der Waals surface area contributed by atoms with Crippen LogP contribution in [0.4, 0.5) is 0 Å². The maximum absolute atomic E-state index is 12.3. The highest BCUT2D eigenvalue weighted by molar-refractivity contribution is 7.98. The number of nitrogens with one attached hydrogen (secondary N) is 1. The second kappa shape index (κ2) is 7.02. The molecule has 23 heavy (non-hydrogen) atoms. The smallest absolute Gasteiger partial charge is 0.252 e. The summed E-state index contributed by atoms with van der Waals surface area (Å²) < 4.78 is 1.91. The zero-order valence-corrected chi connectivity index (χ0v) is 14.1. The van der Waals surface area contributed by atoms with Crippen molar-refractivity contribution in [2.24, 2.45) is 0 Å². The van der Waals surface area contributed by atoms with E-state index in [1.165, 1.54) is 0 Å². The van der Waals surface area contributed by atoms with Gasteiger partial charge in [-0.2, -0.15) is 0 Å². The van der Waals surface area contributed by atoms with E-state index >= 15 is 0 Å². The highest BCUT2D eigenvalue weighted by Crippen LogP contribution is 2.22. The average Bonchev–Trinajstić information content (AvgIpc) is 2.98. The molecule has 0 aliphatic heterocycles. The van der Waals surface area contributed by atoms with Crippen molar-refractivity contribution in [3.05, 3.63) is 59.0 Å². The Bertz CT molecular complexity index is 849. The summed E-state index contributed by atoms with van der Waals surface area (Å²) in [5.41, 5.74) is 1.29. The Hall–Kier alpha value is -2.05. The summed E-state index contributed by atoms with van der Waals surface area (Å²) >= 11 is 7.68. The normalized spacial score (nSPS) is 10.9. The van der Waals surface area contributed by atoms with Crippen molar-refractivity contribution in [2.45, 2.75) is 11.3 Å². The van der Waals surface area contributed by atoms with Crippen molar-refractivity contribution in [3.8, 4) is 0 Å². The summed E-state index contributed by atoms with van der Waals surface area (Å²) in [6.07, 6.45) is 4.46. The van der Waals surface area contributed by atoms with E-state index in [-0.39, 0.29) is 5.91 Å². The first-order valence-corrected chi connectivity index (χ1v) is 8.69. The Labute approximate surface area is 143 Å². The van der Waals surface area contributed by atoms with E-state index in [1.807, 2.05) is 41.1 Å². The third-order valence-electron chi connectivity index (χ3n) is 3.44. The molecule has 0 fully saturated rings. The molecule has 5 nitrogen and oxygen atoms in total. The Morgan fingerprint density at radius 3 is 3.00 bits per heavy atom. The summed E-state index contributed by atoms with van der Waals surface area (Å²) in [4.78, 5) is 13.3. The van der Waals surface area contributed by atoms with Gasteiger partial charge in [-0.05, 0) is 36.6 Å². The highest BCUT2D eigenvalue weighted by Gasteiger charge is 2.11. The standard InChI is InChI=1S/C16H15ClN4OS/c1-23-11-5-6-13(17)12(10-11)16(22)18-8-7-15-20-19-14-4-2-3-9-21(14)15/h2-6,9-10H,7-8H2,1H3,(H,18,22). The lowest BCUT2D eigenvalue weighted by Gasteiger charge is -2.07. The Balaban J connectivity index is 1.65. The Kier molecular flexibility index (Phi) is 4.83. The van der Waals surface area contributed by atoms with Crippen molar-refractivity contribution in [2.75, 3.05) is 12.8 Å². The average molecular weight is 347 g/mol. The summed E-state index contributed by atoms with van der Waals surface area (Å²) in [5.74, 6) is 0.629. The monoisotopic (exact) mass is 346 g/mol. The first-order valence-electron chi connectivity index (χ1n) is 7.09. The molecular formula is C16H15ClN4OS. The van der Waals surface area contributed by atoms with Crippen LogP contribution in [0, 0.1) is 0 Å².